The van der Waals surface area contributed by atoms with Crippen LogP contribution in [0, 0.1) is 0 Å². The van der Waals surface area contributed by atoms with Gasteiger partial charge >= 0.3 is 5.97 Å². The highest BCUT2D eigenvalue weighted by molar-refractivity contribution is 9.10. The fourth-order valence-corrected chi connectivity index (χ4v) is 2.20. The number of anilines is 1. The zero-order valence-electron chi connectivity index (χ0n) is 9.93. The first-order valence-corrected chi connectivity index (χ1v) is 6.60. The fraction of sp³-hybridized carbons (Fsp3) is 0. The van der Waals surface area contributed by atoms with Crippen LogP contribution >= 0.6 is 27.5 Å². The number of carbonyl (C=O) groups excluding carboxylic acids is 1. The third-order valence-corrected chi connectivity index (χ3v) is 3.19. The van der Waals surface area contributed by atoms with Crippen molar-refractivity contribution in [1.82, 2.24) is 4.98 Å². The predicted octanol–water partition coefficient (Wildman–Crippen LogP) is 3.45. The number of carboxylic acids is 1. The van der Waals surface area contributed by atoms with Crippen LogP contribution in [0.3, 0.4) is 0 Å². The van der Waals surface area contributed by atoms with E-state index < -0.39 is 11.9 Å². The molecule has 0 aliphatic rings. The van der Waals surface area contributed by atoms with Gasteiger partial charge in [0.15, 0.2) is 0 Å². The number of pyridine rings is 1. The highest BCUT2D eigenvalue weighted by Crippen LogP contribution is 2.25. The molecule has 2 aromatic rings. The third-order valence-electron chi connectivity index (χ3n) is 2.44. The number of nitrogens with one attached hydrogen (secondary N) is 1. The van der Waals surface area contributed by atoms with Crippen LogP contribution in [0.5, 0.6) is 0 Å². The number of rotatable bonds is 3. The van der Waals surface area contributed by atoms with Gasteiger partial charge in [-0.2, -0.15) is 0 Å². The number of carboxylic acid groups (broad SMARTS) is 1. The van der Waals surface area contributed by atoms with Crippen molar-refractivity contribution >= 4 is 45.1 Å². The molecule has 20 heavy (non-hydrogen) atoms. The molecule has 0 unspecified atom stereocenters. The molecule has 0 fully saturated rings. The Hall–Kier alpha value is -1.92. The lowest BCUT2D eigenvalue weighted by molar-refractivity contribution is 0.0698. The maximum atomic E-state index is 12.0. The molecule has 7 heteroatoms. The second-order valence-electron chi connectivity index (χ2n) is 3.81. The largest absolute Gasteiger partial charge is 0.478 e. The van der Waals surface area contributed by atoms with Crippen molar-refractivity contribution in [1.29, 1.82) is 0 Å². The van der Waals surface area contributed by atoms with Crippen molar-refractivity contribution in [2.75, 3.05) is 5.32 Å². The van der Waals surface area contributed by atoms with Crippen LogP contribution in [-0.4, -0.2) is 22.0 Å². The van der Waals surface area contributed by atoms with Crippen LogP contribution in [0.2, 0.25) is 5.02 Å². The molecule has 0 radical (unpaired) electrons. The lowest BCUT2D eigenvalue weighted by Crippen LogP contribution is -2.15. The van der Waals surface area contributed by atoms with Crippen LogP contribution in [-0.2, 0) is 0 Å². The van der Waals surface area contributed by atoms with Crippen LogP contribution < -0.4 is 5.32 Å². The van der Waals surface area contributed by atoms with Gasteiger partial charge in [-0.05, 0) is 34.1 Å². The van der Waals surface area contributed by atoms with Crippen molar-refractivity contribution in [2.45, 2.75) is 0 Å². The number of hydrogen-bond donors (Lipinski definition) is 2. The minimum atomic E-state index is -1.21. The molecule has 1 heterocycles. The van der Waals surface area contributed by atoms with Gasteiger partial charge in [0.1, 0.15) is 5.56 Å². The van der Waals surface area contributed by atoms with Crippen molar-refractivity contribution in [3.05, 3.63) is 57.3 Å². The van der Waals surface area contributed by atoms with E-state index in [1.165, 1.54) is 18.3 Å². The van der Waals surface area contributed by atoms with E-state index in [0.29, 0.717) is 10.0 Å². The number of aromatic nitrogens is 1. The van der Waals surface area contributed by atoms with Crippen molar-refractivity contribution in [2.24, 2.45) is 0 Å². The van der Waals surface area contributed by atoms with Crippen LogP contribution in [0.1, 0.15) is 20.7 Å². The second kappa shape index (κ2) is 6.02. The van der Waals surface area contributed by atoms with E-state index in [2.05, 4.69) is 26.2 Å². The van der Waals surface area contributed by atoms with Crippen LogP contribution in [0.4, 0.5) is 5.69 Å². The minimum absolute atomic E-state index is 0.0580. The van der Waals surface area contributed by atoms with E-state index >= 15 is 0 Å². The Morgan fingerprint density at radius 2 is 2.05 bits per heavy atom. The highest BCUT2D eigenvalue weighted by atomic mass is 79.9. The summed E-state index contributed by atoms with van der Waals surface area (Å²) in [6.45, 7) is 0. The maximum absolute atomic E-state index is 12.0. The molecule has 0 aliphatic heterocycles. The summed E-state index contributed by atoms with van der Waals surface area (Å²) in [6.07, 6.45) is 2.92. The Bertz CT molecular complexity index is 691. The Labute approximate surface area is 127 Å². The molecule has 1 aromatic heterocycles. The van der Waals surface area contributed by atoms with E-state index in [4.69, 9.17) is 16.7 Å². The Morgan fingerprint density at radius 1 is 1.30 bits per heavy atom. The van der Waals surface area contributed by atoms with Gasteiger partial charge < -0.3 is 10.4 Å². The Balaban J connectivity index is 2.33. The number of amides is 1. The summed E-state index contributed by atoms with van der Waals surface area (Å²) in [5.74, 6) is -1.68. The number of aromatic carboxylic acids is 1. The van der Waals surface area contributed by atoms with E-state index in [0.717, 1.165) is 0 Å². The lowest BCUT2D eigenvalue weighted by Gasteiger charge is -2.09. The van der Waals surface area contributed by atoms with E-state index in [-0.39, 0.29) is 16.3 Å². The molecule has 102 valence electrons. The normalized spacial score (nSPS) is 10.1. The smallest absolute Gasteiger partial charge is 0.339 e. The monoisotopic (exact) mass is 354 g/mol. The third kappa shape index (κ3) is 3.15. The molecular formula is C13H8BrClN2O3. The van der Waals surface area contributed by atoms with Crippen molar-refractivity contribution < 1.29 is 14.7 Å². The molecule has 0 atom stereocenters. The van der Waals surface area contributed by atoms with E-state index in [1.54, 1.807) is 18.3 Å². The first-order valence-electron chi connectivity index (χ1n) is 5.42. The molecule has 0 aliphatic carbocycles. The summed E-state index contributed by atoms with van der Waals surface area (Å²) < 4.78 is 0.648. The molecule has 0 spiro atoms. The topological polar surface area (TPSA) is 79.3 Å². The zero-order chi connectivity index (χ0) is 14.7. The minimum Gasteiger partial charge on any atom is -0.478 e. The van der Waals surface area contributed by atoms with Crippen LogP contribution in [0.15, 0.2) is 41.1 Å². The van der Waals surface area contributed by atoms with Gasteiger partial charge in [0, 0.05) is 16.9 Å². The summed E-state index contributed by atoms with van der Waals surface area (Å²) in [4.78, 5) is 27.1. The first kappa shape index (κ1) is 14.5. The summed E-state index contributed by atoms with van der Waals surface area (Å²) in [7, 11) is 0. The molecular weight excluding hydrogens is 348 g/mol. The van der Waals surface area contributed by atoms with Gasteiger partial charge in [-0.25, -0.2) is 4.79 Å². The molecule has 1 aromatic carbocycles. The van der Waals surface area contributed by atoms with Gasteiger partial charge in [0.25, 0.3) is 5.91 Å². The fourth-order valence-electron chi connectivity index (χ4n) is 1.58. The second-order valence-corrected chi connectivity index (χ2v) is 5.14. The molecule has 0 saturated carbocycles. The van der Waals surface area contributed by atoms with Gasteiger partial charge in [0.05, 0.1) is 16.3 Å². The van der Waals surface area contributed by atoms with E-state index in [9.17, 15) is 9.59 Å². The standard InChI is InChI=1S/C13H8BrClN2O3/c14-8-4-7(5-16-6-8)12(18)17-10-3-1-2-9(15)11(10)13(19)20/h1-6H,(H,17,18)(H,19,20). The first-order chi connectivity index (χ1) is 9.49. The SMILES string of the molecule is O=C(Nc1cccc(Cl)c1C(=O)O)c1cncc(Br)c1. The maximum Gasteiger partial charge on any atom is 0.339 e. The van der Waals surface area contributed by atoms with Gasteiger partial charge in [-0.1, -0.05) is 17.7 Å². The molecule has 2 N–H and O–H groups in total. The molecule has 0 bridgehead atoms. The van der Waals surface area contributed by atoms with Crippen molar-refractivity contribution in [3.8, 4) is 0 Å². The molecule has 1 amide bonds. The molecule has 0 saturated heterocycles. The highest BCUT2D eigenvalue weighted by Gasteiger charge is 2.17. The Kier molecular flexibility index (Phi) is 4.36. The van der Waals surface area contributed by atoms with Crippen LogP contribution in [0.25, 0.3) is 0 Å². The summed E-state index contributed by atoms with van der Waals surface area (Å²) in [5, 5.41) is 11.7. The number of nitrogens with zero attached hydrogens (tertiary/aromatic N) is 1. The summed E-state index contributed by atoms with van der Waals surface area (Å²) in [6, 6.07) is 6.05. The van der Waals surface area contributed by atoms with Gasteiger partial charge in [0.2, 0.25) is 0 Å². The lowest BCUT2D eigenvalue weighted by atomic mass is 10.1. The quantitative estimate of drug-likeness (QED) is 0.884. The number of hydrogen-bond acceptors (Lipinski definition) is 3. The van der Waals surface area contributed by atoms with Gasteiger partial charge in [-0.15, -0.1) is 0 Å². The summed E-state index contributed by atoms with van der Waals surface area (Å²) in [5.41, 5.74) is 0.288. The van der Waals surface area contributed by atoms with Gasteiger partial charge in [-0.3, -0.25) is 9.78 Å². The number of benzene rings is 1. The number of halogens is 2. The zero-order valence-corrected chi connectivity index (χ0v) is 12.3. The van der Waals surface area contributed by atoms with Crippen molar-refractivity contribution in [3.63, 3.8) is 0 Å². The predicted molar refractivity (Wildman–Crippen MR) is 78.3 cm³/mol. The average Bonchev–Trinajstić information content (AvgIpc) is 2.38. The number of carbonyl (C=O) groups is 2. The van der Waals surface area contributed by atoms with E-state index in [1.807, 2.05) is 0 Å². The average molecular weight is 356 g/mol. The molecule has 2 rings (SSSR count). The Morgan fingerprint density at radius 3 is 2.70 bits per heavy atom. The summed E-state index contributed by atoms with van der Waals surface area (Å²) >= 11 is 9.03. The molecule has 5 nitrogen and oxygen atoms in total.